The highest BCUT2D eigenvalue weighted by molar-refractivity contribution is 6.30. The lowest BCUT2D eigenvalue weighted by atomic mass is 9.98. The molecular weight excluding hydrogens is 354 g/mol. The maximum atomic E-state index is 13.0. The van der Waals surface area contributed by atoms with Crippen molar-refractivity contribution in [2.24, 2.45) is 0 Å². The molecule has 3 aromatic rings. The second kappa shape index (κ2) is 6.97. The van der Waals surface area contributed by atoms with Gasteiger partial charge in [0.15, 0.2) is 11.5 Å². The Bertz CT molecular complexity index is 903. The summed E-state index contributed by atoms with van der Waals surface area (Å²) < 4.78 is 10.7. The molecule has 0 aliphatic carbocycles. The first-order chi connectivity index (χ1) is 12.7. The maximum absolute atomic E-state index is 13.0. The molecule has 7 heteroatoms. The molecule has 0 radical (unpaired) electrons. The van der Waals surface area contributed by atoms with Gasteiger partial charge in [-0.25, -0.2) is 0 Å². The number of furan rings is 1. The standard InChI is InChI=1S/C19H18ClN3O3/c1-25-10-3-9-23-18(12-5-7-13(20)8-6-12)15-16(14-4-2-11-26-14)21-22-17(15)19(23)24/h2,4-8,11,18H,3,9-10H2,1H3,(H,21,22)/t18-/m0/s1. The predicted molar refractivity (Wildman–Crippen MR) is 97.1 cm³/mol. The van der Waals surface area contributed by atoms with Gasteiger partial charge < -0.3 is 14.1 Å². The normalized spacial score (nSPS) is 16.3. The molecule has 1 aromatic carbocycles. The first-order valence-corrected chi connectivity index (χ1v) is 8.76. The number of benzene rings is 1. The first-order valence-electron chi connectivity index (χ1n) is 8.38. The van der Waals surface area contributed by atoms with Gasteiger partial charge in [-0.3, -0.25) is 9.89 Å². The number of carbonyl (C=O) groups excluding carboxylic acids is 1. The summed E-state index contributed by atoms with van der Waals surface area (Å²) in [5, 5.41) is 7.89. The van der Waals surface area contributed by atoms with Crippen LogP contribution < -0.4 is 0 Å². The van der Waals surface area contributed by atoms with E-state index in [0.29, 0.717) is 29.6 Å². The summed E-state index contributed by atoms with van der Waals surface area (Å²) in [5.74, 6) is 0.564. The molecule has 4 rings (SSSR count). The van der Waals surface area contributed by atoms with Crippen molar-refractivity contribution in [1.82, 2.24) is 15.1 Å². The van der Waals surface area contributed by atoms with Crippen LogP contribution in [0.25, 0.3) is 11.5 Å². The van der Waals surface area contributed by atoms with E-state index in [1.54, 1.807) is 13.4 Å². The van der Waals surface area contributed by atoms with Gasteiger partial charge in [-0.05, 0) is 36.2 Å². The van der Waals surface area contributed by atoms with Gasteiger partial charge in [-0.1, -0.05) is 23.7 Å². The summed E-state index contributed by atoms with van der Waals surface area (Å²) >= 11 is 6.05. The van der Waals surface area contributed by atoms with Gasteiger partial charge in [-0.2, -0.15) is 5.10 Å². The molecule has 134 valence electrons. The number of rotatable bonds is 6. The number of H-pyrrole nitrogens is 1. The summed E-state index contributed by atoms with van der Waals surface area (Å²) in [6.07, 6.45) is 2.35. The number of fused-ring (bicyclic) bond motifs is 1. The van der Waals surface area contributed by atoms with Gasteiger partial charge in [0.2, 0.25) is 0 Å². The largest absolute Gasteiger partial charge is 0.463 e. The minimum atomic E-state index is -0.245. The number of methoxy groups -OCH3 is 1. The third kappa shape index (κ3) is 2.81. The lowest BCUT2D eigenvalue weighted by Crippen LogP contribution is -2.31. The molecule has 0 saturated heterocycles. The zero-order valence-corrected chi connectivity index (χ0v) is 15.0. The second-order valence-corrected chi connectivity index (χ2v) is 6.57. The van der Waals surface area contributed by atoms with E-state index in [2.05, 4.69) is 10.2 Å². The number of amides is 1. The van der Waals surface area contributed by atoms with Gasteiger partial charge in [0.05, 0.1) is 12.3 Å². The number of hydrogen-bond donors (Lipinski definition) is 1. The average Bonchev–Trinajstić information content (AvgIpc) is 3.35. The number of aromatic amines is 1. The van der Waals surface area contributed by atoms with Crippen molar-refractivity contribution < 1.29 is 13.9 Å². The highest BCUT2D eigenvalue weighted by Crippen LogP contribution is 2.42. The van der Waals surface area contributed by atoms with Gasteiger partial charge in [0, 0.05) is 30.8 Å². The second-order valence-electron chi connectivity index (χ2n) is 6.14. The summed E-state index contributed by atoms with van der Waals surface area (Å²) in [5.41, 5.74) is 2.99. The Hall–Kier alpha value is -2.57. The van der Waals surface area contributed by atoms with E-state index >= 15 is 0 Å². The van der Waals surface area contributed by atoms with Crippen LogP contribution in [-0.4, -0.2) is 41.3 Å². The van der Waals surface area contributed by atoms with Crippen molar-refractivity contribution in [3.8, 4) is 11.5 Å². The van der Waals surface area contributed by atoms with E-state index in [1.807, 2.05) is 41.3 Å². The topological polar surface area (TPSA) is 71.4 Å². The molecular formula is C19H18ClN3O3. The van der Waals surface area contributed by atoms with Crippen molar-refractivity contribution >= 4 is 17.5 Å². The molecule has 6 nitrogen and oxygen atoms in total. The first kappa shape index (κ1) is 16.9. The minimum absolute atomic E-state index is 0.0925. The summed E-state index contributed by atoms with van der Waals surface area (Å²) in [6.45, 7) is 1.17. The molecule has 1 aliphatic heterocycles. The van der Waals surface area contributed by atoms with Gasteiger partial charge >= 0.3 is 0 Å². The van der Waals surface area contributed by atoms with Crippen LogP contribution in [0.15, 0.2) is 47.1 Å². The van der Waals surface area contributed by atoms with Crippen LogP contribution in [0, 0.1) is 0 Å². The fourth-order valence-corrected chi connectivity index (χ4v) is 3.53. The van der Waals surface area contributed by atoms with Gasteiger partial charge in [0.1, 0.15) is 5.69 Å². The number of carbonyl (C=O) groups is 1. The highest BCUT2D eigenvalue weighted by Gasteiger charge is 2.42. The molecule has 0 fully saturated rings. The Balaban J connectivity index is 1.80. The quantitative estimate of drug-likeness (QED) is 0.667. The lowest BCUT2D eigenvalue weighted by molar-refractivity contribution is 0.0723. The van der Waals surface area contributed by atoms with Crippen molar-refractivity contribution in [2.75, 3.05) is 20.3 Å². The van der Waals surface area contributed by atoms with E-state index in [-0.39, 0.29) is 11.9 Å². The molecule has 26 heavy (non-hydrogen) atoms. The predicted octanol–water partition coefficient (Wildman–Crippen LogP) is 3.90. The fourth-order valence-electron chi connectivity index (χ4n) is 3.40. The highest BCUT2D eigenvalue weighted by atomic mass is 35.5. The van der Waals surface area contributed by atoms with E-state index in [0.717, 1.165) is 23.2 Å². The zero-order valence-electron chi connectivity index (χ0n) is 14.2. The molecule has 1 atom stereocenters. The third-order valence-corrected chi connectivity index (χ3v) is 4.81. The van der Waals surface area contributed by atoms with E-state index in [1.165, 1.54) is 0 Å². The number of nitrogens with zero attached hydrogens (tertiary/aromatic N) is 2. The van der Waals surface area contributed by atoms with Crippen molar-refractivity contribution in [1.29, 1.82) is 0 Å². The van der Waals surface area contributed by atoms with Crippen molar-refractivity contribution in [2.45, 2.75) is 12.5 Å². The van der Waals surface area contributed by atoms with Crippen molar-refractivity contribution in [3.05, 3.63) is 64.5 Å². The monoisotopic (exact) mass is 371 g/mol. The zero-order chi connectivity index (χ0) is 18.1. The third-order valence-electron chi connectivity index (χ3n) is 4.55. The lowest BCUT2D eigenvalue weighted by Gasteiger charge is -2.26. The molecule has 0 unspecified atom stereocenters. The van der Waals surface area contributed by atoms with Crippen LogP contribution in [0.5, 0.6) is 0 Å². The Kier molecular flexibility index (Phi) is 4.53. The Morgan fingerprint density at radius 2 is 2.12 bits per heavy atom. The van der Waals surface area contributed by atoms with E-state index < -0.39 is 0 Å². The fraction of sp³-hybridized carbons (Fsp3) is 0.263. The smallest absolute Gasteiger partial charge is 0.275 e. The molecule has 2 aromatic heterocycles. The molecule has 1 N–H and O–H groups in total. The number of halogens is 1. The number of aromatic nitrogens is 2. The van der Waals surface area contributed by atoms with Crippen molar-refractivity contribution in [3.63, 3.8) is 0 Å². The molecule has 0 spiro atoms. The van der Waals surface area contributed by atoms with Gasteiger partial charge in [-0.15, -0.1) is 0 Å². The molecule has 0 bridgehead atoms. The van der Waals surface area contributed by atoms with Crippen LogP contribution in [0.1, 0.15) is 34.1 Å². The Morgan fingerprint density at radius 1 is 1.31 bits per heavy atom. The number of nitrogens with one attached hydrogen (secondary N) is 1. The minimum Gasteiger partial charge on any atom is -0.463 e. The van der Waals surface area contributed by atoms with E-state index in [4.69, 9.17) is 20.8 Å². The van der Waals surface area contributed by atoms with Crippen LogP contribution in [0.4, 0.5) is 0 Å². The average molecular weight is 372 g/mol. The van der Waals surface area contributed by atoms with E-state index in [9.17, 15) is 4.79 Å². The van der Waals surface area contributed by atoms with Crippen LogP contribution in [0.2, 0.25) is 5.02 Å². The van der Waals surface area contributed by atoms with Gasteiger partial charge in [0.25, 0.3) is 5.91 Å². The molecule has 1 aliphatic rings. The summed E-state index contributed by atoms with van der Waals surface area (Å²) in [6, 6.07) is 11.0. The number of hydrogen-bond acceptors (Lipinski definition) is 4. The maximum Gasteiger partial charge on any atom is 0.275 e. The van der Waals surface area contributed by atoms with Crippen LogP contribution in [-0.2, 0) is 4.74 Å². The SMILES string of the molecule is COCCCN1C(=O)c2n[nH]c(-c3ccco3)c2[C@@H]1c1ccc(Cl)cc1. The Labute approximate surface area is 155 Å². The molecule has 0 saturated carbocycles. The summed E-state index contributed by atoms with van der Waals surface area (Å²) in [7, 11) is 1.66. The summed E-state index contributed by atoms with van der Waals surface area (Å²) in [4.78, 5) is 14.8. The van der Waals surface area contributed by atoms with Crippen LogP contribution in [0.3, 0.4) is 0 Å². The molecule has 3 heterocycles. The van der Waals surface area contributed by atoms with Crippen LogP contribution >= 0.6 is 11.6 Å². The number of ether oxygens (including phenoxy) is 1. The Morgan fingerprint density at radius 3 is 2.81 bits per heavy atom. The molecule has 1 amide bonds.